The summed E-state index contributed by atoms with van der Waals surface area (Å²) in [6, 6.07) is 0. The Morgan fingerprint density at radius 3 is 2.25 bits per heavy atom. The highest BCUT2D eigenvalue weighted by atomic mass is 32.2. The molecule has 0 aromatic rings. The van der Waals surface area contributed by atoms with Crippen LogP contribution in [0.15, 0.2) is 0 Å². The van der Waals surface area contributed by atoms with Crippen LogP contribution >= 0.6 is 0 Å². The standard InChI is InChI=1S/C10H15NO4S/c1-5-10(6-7-10)16(13,14)11-8(12)15-9(2,3)4/h1H,6-7H2,2-4H3,(H,11,12). The van der Waals surface area contributed by atoms with Crippen molar-refractivity contribution in [1.29, 1.82) is 0 Å². The number of terminal acetylenes is 1. The van der Waals surface area contributed by atoms with Gasteiger partial charge in [-0.25, -0.2) is 17.9 Å². The number of carbonyl (C=O) groups is 1. The Bertz CT molecular complexity index is 434. The maximum Gasteiger partial charge on any atom is 0.421 e. The van der Waals surface area contributed by atoms with E-state index in [-0.39, 0.29) is 0 Å². The zero-order valence-electron chi connectivity index (χ0n) is 9.53. The SMILES string of the molecule is C#CC1(S(=O)(=O)NC(=O)OC(C)(C)C)CC1. The van der Waals surface area contributed by atoms with Gasteiger partial charge in [-0.15, -0.1) is 6.42 Å². The summed E-state index contributed by atoms with van der Waals surface area (Å²) in [6.45, 7) is 4.94. The van der Waals surface area contributed by atoms with Crippen molar-refractivity contribution in [2.24, 2.45) is 0 Å². The number of sulfonamides is 1. The molecule has 1 saturated carbocycles. The second kappa shape index (κ2) is 3.67. The Hall–Kier alpha value is -1.22. The summed E-state index contributed by atoms with van der Waals surface area (Å²) >= 11 is 0. The van der Waals surface area contributed by atoms with Gasteiger partial charge >= 0.3 is 6.09 Å². The monoisotopic (exact) mass is 245 g/mol. The lowest BCUT2D eigenvalue weighted by Gasteiger charge is -2.20. The summed E-state index contributed by atoms with van der Waals surface area (Å²) in [5.41, 5.74) is -0.744. The molecule has 1 fully saturated rings. The normalized spacial score (nSPS) is 18.4. The van der Waals surface area contributed by atoms with E-state index in [1.54, 1.807) is 20.8 Å². The number of carbonyl (C=O) groups excluding carboxylic acids is 1. The molecule has 0 bridgehead atoms. The van der Waals surface area contributed by atoms with Crippen LogP contribution in [-0.2, 0) is 14.8 Å². The lowest BCUT2D eigenvalue weighted by Crippen LogP contribution is -2.41. The number of nitrogens with one attached hydrogen (secondary N) is 1. The first-order valence-corrected chi connectivity index (χ1v) is 6.33. The second-order valence-electron chi connectivity index (χ2n) is 4.75. The highest BCUT2D eigenvalue weighted by Gasteiger charge is 2.54. The Balaban J connectivity index is 2.69. The molecule has 0 spiro atoms. The van der Waals surface area contributed by atoms with Gasteiger partial charge in [0, 0.05) is 0 Å². The molecule has 0 saturated heterocycles. The van der Waals surface area contributed by atoms with Crippen molar-refractivity contribution in [3.63, 3.8) is 0 Å². The molecule has 0 aliphatic heterocycles. The fourth-order valence-electron chi connectivity index (χ4n) is 1.11. The smallest absolute Gasteiger partial charge is 0.421 e. The third kappa shape index (κ3) is 2.67. The molecule has 1 amide bonds. The average molecular weight is 245 g/mol. The van der Waals surface area contributed by atoms with E-state index in [1.165, 1.54) is 0 Å². The molecule has 0 radical (unpaired) electrons. The Morgan fingerprint density at radius 2 is 1.94 bits per heavy atom. The first kappa shape index (κ1) is 12.8. The molecule has 1 N–H and O–H groups in total. The fraction of sp³-hybridized carbons (Fsp3) is 0.700. The average Bonchev–Trinajstić information content (AvgIpc) is 2.78. The van der Waals surface area contributed by atoms with Gasteiger partial charge in [0.05, 0.1) is 0 Å². The summed E-state index contributed by atoms with van der Waals surface area (Å²) in [4.78, 5) is 11.3. The molecule has 1 rings (SSSR count). The van der Waals surface area contributed by atoms with E-state index in [4.69, 9.17) is 11.2 Å². The number of amides is 1. The minimum absolute atomic E-state index is 0.377. The lowest BCUT2D eigenvalue weighted by atomic mass is 10.2. The largest absolute Gasteiger partial charge is 0.443 e. The van der Waals surface area contributed by atoms with Crippen LogP contribution in [0.3, 0.4) is 0 Å². The van der Waals surface area contributed by atoms with Gasteiger partial charge < -0.3 is 4.74 Å². The van der Waals surface area contributed by atoms with Crippen molar-refractivity contribution in [3.8, 4) is 12.3 Å². The minimum Gasteiger partial charge on any atom is -0.443 e. The van der Waals surface area contributed by atoms with E-state index in [0.29, 0.717) is 12.8 Å². The van der Waals surface area contributed by atoms with Crippen molar-refractivity contribution in [2.75, 3.05) is 0 Å². The molecule has 1 aliphatic rings. The zero-order chi connectivity index (χ0) is 12.6. The Morgan fingerprint density at radius 1 is 1.44 bits per heavy atom. The topological polar surface area (TPSA) is 72.5 Å². The Labute approximate surface area is 95.6 Å². The van der Waals surface area contributed by atoms with Crippen LogP contribution in [0, 0.1) is 12.3 Å². The number of ether oxygens (including phenoxy) is 1. The van der Waals surface area contributed by atoms with E-state index >= 15 is 0 Å². The summed E-state index contributed by atoms with van der Waals surface area (Å²) < 4.78 is 28.8. The highest BCUT2D eigenvalue weighted by Crippen LogP contribution is 2.42. The summed E-state index contributed by atoms with van der Waals surface area (Å²) in [7, 11) is -3.83. The van der Waals surface area contributed by atoms with Gasteiger partial charge in [0.15, 0.2) is 4.75 Å². The van der Waals surface area contributed by atoms with Gasteiger partial charge in [-0.1, -0.05) is 5.92 Å². The number of rotatable bonds is 2. The molecule has 0 heterocycles. The van der Waals surface area contributed by atoms with Crippen molar-refractivity contribution in [2.45, 2.75) is 44.0 Å². The Kier molecular flexibility index (Phi) is 2.94. The third-order valence-corrected chi connectivity index (χ3v) is 4.09. The van der Waals surface area contributed by atoms with Crippen molar-refractivity contribution in [1.82, 2.24) is 4.72 Å². The van der Waals surface area contributed by atoms with E-state index in [0.717, 1.165) is 0 Å². The molecule has 0 unspecified atom stereocenters. The molecular formula is C10H15NO4S. The predicted octanol–water partition coefficient (Wildman–Crippen LogP) is 1.01. The molecule has 0 aromatic heterocycles. The quantitative estimate of drug-likeness (QED) is 0.737. The second-order valence-corrected chi connectivity index (χ2v) is 6.74. The molecule has 6 heteroatoms. The lowest BCUT2D eigenvalue weighted by molar-refractivity contribution is 0.0570. The van der Waals surface area contributed by atoms with Crippen LogP contribution < -0.4 is 4.72 Å². The van der Waals surface area contributed by atoms with Gasteiger partial charge in [0.1, 0.15) is 5.60 Å². The van der Waals surface area contributed by atoms with Gasteiger partial charge in [0.25, 0.3) is 10.0 Å². The summed E-state index contributed by atoms with van der Waals surface area (Å²) in [6.07, 6.45) is 4.90. The zero-order valence-corrected chi connectivity index (χ0v) is 10.3. The van der Waals surface area contributed by atoms with Gasteiger partial charge in [-0.3, -0.25) is 0 Å². The molecule has 90 valence electrons. The summed E-state index contributed by atoms with van der Waals surface area (Å²) in [5, 5.41) is 0. The van der Waals surface area contributed by atoms with Crippen LogP contribution in [0.1, 0.15) is 33.6 Å². The van der Waals surface area contributed by atoms with Crippen molar-refractivity contribution in [3.05, 3.63) is 0 Å². The van der Waals surface area contributed by atoms with Crippen LogP contribution in [-0.4, -0.2) is 24.9 Å². The van der Waals surface area contributed by atoms with Crippen molar-refractivity contribution < 1.29 is 17.9 Å². The van der Waals surface area contributed by atoms with Crippen LogP contribution in [0.25, 0.3) is 0 Å². The molecule has 5 nitrogen and oxygen atoms in total. The van der Waals surface area contributed by atoms with E-state index in [1.807, 2.05) is 4.72 Å². The first-order valence-electron chi connectivity index (χ1n) is 4.85. The van der Waals surface area contributed by atoms with Crippen LogP contribution in [0.5, 0.6) is 0 Å². The van der Waals surface area contributed by atoms with E-state index < -0.39 is 26.5 Å². The molecular weight excluding hydrogens is 230 g/mol. The molecule has 0 atom stereocenters. The molecule has 16 heavy (non-hydrogen) atoms. The number of hydrogen-bond acceptors (Lipinski definition) is 4. The van der Waals surface area contributed by atoms with E-state index in [2.05, 4.69) is 5.92 Å². The maximum atomic E-state index is 11.7. The summed E-state index contributed by atoms with van der Waals surface area (Å²) in [5.74, 6) is 2.20. The molecule has 0 aromatic carbocycles. The van der Waals surface area contributed by atoms with Crippen LogP contribution in [0.4, 0.5) is 4.79 Å². The fourth-order valence-corrected chi connectivity index (χ4v) is 2.36. The van der Waals surface area contributed by atoms with Gasteiger partial charge in [-0.2, -0.15) is 0 Å². The van der Waals surface area contributed by atoms with Crippen LogP contribution in [0.2, 0.25) is 0 Å². The first-order chi connectivity index (χ1) is 7.12. The predicted molar refractivity (Wildman–Crippen MR) is 59.1 cm³/mol. The van der Waals surface area contributed by atoms with Gasteiger partial charge in [-0.05, 0) is 33.6 Å². The minimum atomic E-state index is -3.83. The molecule has 1 aliphatic carbocycles. The van der Waals surface area contributed by atoms with Gasteiger partial charge in [0.2, 0.25) is 0 Å². The van der Waals surface area contributed by atoms with Crippen molar-refractivity contribution >= 4 is 16.1 Å². The van der Waals surface area contributed by atoms with E-state index in [9.17, 15) is 13.2 Å². The maximum absolute atomic E-state index is 11.7. The number of hydrogen-bond donors (Lipinski definition) is 1. The highest BCUT2D eigenvalue weighted by molar-refractivity contribution is 7.92. The third-order valence-electron chi connectivity index (χ3n) is 2.10.